The van der Waals surface area contributed by atoms with Crippen molar-refractivity contribution in [3.05, 3.63) is 29.8 Å². The second-order valence-electron chi connectivity index (χ2n) is 3.53. The van der Waals surface area contributed by atoms with Gasteiger partial charge in [-0.1, -0.05) is 0 Å². The van der Waals surface area contributed by atoms with Crippen molar-refractivity contribution < 1.29 is 18.1 Å². The first kappa shape index (κ1) is 11.5. The molecule has 86 valence electrons. The van der Waals surface area contributed by atoms with Gasteiger partial charge in [-0.2, -0.15) is 0 Å². The van der Waals surface area contributed by atoms with Crippen molar-refractivity contribution in [3.63, 3.8) is 0 Å². The molecule has 16 heavy (non-hydrogen) atoms. The molecular weight excluding hydrogens is 215 g/mol. The second kappa shape index (κ2) is 5.38. The third kappa shape index (κ3) is 3.01. The second-order valence-corrected chi connectivity index (χ2v) is 3.53. The summed E-state index contributed by atoms with van der Waals surface area (Å²) >= 11 is 0. The van der Waals surface area contributed by atoms with Crippen LogP contribution in [0, 0.1) is 11.6 Å². The fourth-order valence-corrected chi connectivity index (χ4v) is 1.55. The Hall–Kier alpha value is -0.975. The minimum Gasteiger partial charge on any atom is -0.406 e. The van der Waals surface area contributed by atoms with Crippen LogP contribution in [0.2, 0.25) is 0 Å². The third-order valence-electron chi connectivity index (χ3n) is 2.25. The van der Waals surface area contributed by atoms with Gasteiger partial charge in [-0.05, 0) is 17.6 Å². The van der Waals surface area contributed by atoms with Crippen LogP contribution >= 0.6 is 0 Å². The monoisotopic (exact) mass is 227 g/mol. The lowest BCUT2D eigenvalue weighted by Gasteiger charge is -2.18. The summed E-state index contributed by atoms with van der Waals surface area (Å²) in [6, 6.07) is 3.28. The fourth-order valence-electron chi connectivity index (χ4n) is 1.55. The Morgan fingerprint density at radius 3 is 2.12 bits per heavy atom. The molecular formula is C10H12BF2NO2. The summed E-state index contributed by atoms with van der Waals surface area (Å²) in [6.07, 6.45) is 0. The van der Waals surface area contributed by atoms with E-state index in [0.717, 1.165) is 6.07 Å². The van der Waals surface area contributed by atoms with Crippen LogP contribution in [0.1, 0.15) is 0 Å². The maximum atomic E-state index is 13.0. The predicted octanol–water partition coefficient (Wildman–Crippen LogP) is 0.296. The van der Waals surface area contributed by atoms with Gasteiger partial charge in [0.2, 0.25) is 0 Å². The highest BCUT2D eigenvalue weighted by Crippen LogP contribution is 2.02. The molecule has 1 aromatic carbocycles. The van der Waals surface area contributed by atoms with Crippen LogP contribution in [0.15, 0.2) is 18.2 Å². The molecule has 6 heteroatoms. The van der Waals surface area contributed by atoms with Crippen molar-refractivity contribution in [2.24, 2.45) is 0 Å². The minimum absolute atomic E-state index is 0.374. The van der Waals surface area contributed by atoms with Gasteiger partial charge in [0.15, 0.2) is 0 Å². The van der Waals surface area contributed by atoms with E-state index in [1.54, 1.807) is 0 Å². The first-order valence-corrected chi connectivity index (χ1v) is 5.15. The fraction of sp³-hybridized carbons (Fsp3) is 0.400. The van der Waals surface area contributed by atoms with Crippen LogP contribution in [0.5, 0.6) is 0 Å². The summed E-state index contributed by atoms with van der Waals surface area (Å²) in [4.78, 5) is 0. The molecule has 0 spiro atoms. The molecule has 0 radical (unpaired) electrons. The van der Waals surface area contributed by atoms with Gasteiger partial charge in [0, 0.05) is 32.4 Å². The first-order valence-electron chi connectivity index (χ1n) is 5.15. The van der Waals surface area contributed by atoms with E-state index < -0.39 is 18.8 Å². The molecule has 1 aliphatic heterocycles. The molecule has 0 aromatic heterocycles. The van der Waals surface area contributed by atoms with Gasteiger partial charge in [-0.3, -0.25) is 0 Å². The Kier molecular flexibility index (Phi) is 3.87. The van der Waals surface area contributed by atoms with Crippen LogP contribution < -0.4 is 10.8 Å². The van der Waals surface area contributed by atoms with Gasteiger partial charge in [-0.15, -0.1) is 0 Å². The van der Waals surface area contributed by atoms with Crippen LogP contribution in [0.25, 0.3) is 0 Å². The number of benzene rings is 1. The van der Waals surface area contributed by atoms with Gasteiger partial charge in [-0.25, -0.2) is 8.78 Å². The van der Waals surface area contributed by atoms with Gasteiger partial charge in [0.05, 0.1) is 0 Å². The van der Waals surface area contributed by atoms with E-state index in [9.17, 15) is 8.78 Å². The molecule has 1 fully saturated rings. The standard InChI is InChI=1S/C10H12BF2NO2/c12-9-5-8(6-10(13)7-9)11-15-3-1-14-2-4-16-11/h5-7,14H,1-4H2. The molecule has 0 saturated carbocycles. The van der Waals surface area contributed by atoms with Crippen molar-refractivity contribution in [1.29, 1.82) is 0 Å². The Morgan fingerprint density at radius 1 is 1.00 bits per heavy atom. The van der Waals surface area contributed by atoms with E-state index in [0.29, 0.717) is 31.8 Å². The van der Waals surface area contributed by atoms with E-state index in [4.69, 9.17) is 9.31 Å². The first-order chi connectivity index (χ1) is 7.75. The third-order valence-corrected chi connectivity index (χ3v) is 2.25. The highest BCUT2D eigenvalue weighted by molar-refractivity contribution is 6.61. The van der Waals surface area contributed by atoms with Crippen molar-refractivity contribution in [2.45, 2.75) is 0 Å². The number of nitrogens with one attached hydrogen (secondary N) is 1. The largest absolute Gasteiger partial charge is 0.494 e. The molecule has 1 heterocycles. The number of rotatable bonds is 1. The molecule has 0 aliphatic carbocycles. The molecule has 3 nitrogen and oxygen atoms in total. The summed E-state index contributed by atoms with van der Waals surface area (Å²) in [7, 11) is -0.688. The minimum atomic E-state index is -0.688. The summed E-state index contributed by atoms with van der Waals surface area (Å²) in [5, 5.41) is 3.08. The van der Waals surface area contributed by atoms with Gasteiger partial charge >= 0.3 is 7.12 Å². The van der Waals surface area contributed by atoms with Gasteiger partial charge in [0.1, 0.15) is 11.6 Å². The van der Waals surface area contributed by atoms with Crippen molar-refractivity contribution >= 4 is 12.6 Å². The zero-order valence-electron chi connectivity index (χ0n) is 8.71. The topological polar surface area (TPSA) is 30.5 Å². The number of hydrogen-bond donors (Lipinski definition) is 1. The predicted molar refractivity (Wildman–Crippen MR) is 56.5 cm³/mol. The van der Waals surface area contributed by atoms with Crippen molar-refractivity contribution in [1.82, 2.24) is 5.32 Å². The summed E-state index contributed by atoms with van der Waals surface area (Å²) in [5.41, 5.74) is 0.374. The van der Waals surface area contributed by atoms with Gasteiger partial charge in [0.25, 0.3) is 0 Å². The Balaban J connectivity index is 2.13. The quantitative estimate of drug-likeness (QED) is 0.699. The maximum absolute atomic E-state index is 13.0. The summed E-state index contributed by atoms with van der Waals surface area (Å²) < 4.78 is 36.7. The van der Waals surface area contributed by atoms with Crippen LogP contribution in [-0.2, 0) is 9.31 Å². The van der Waals surface area contributed by atoms with Crippen LogP contribution in [0.4, 0.5) is 8.78 Å². The van der Waals surface area contributed by atoms with Gasteiger partial charge < -0.3 is 14.6 Å². The highest BCUT2D eigenvalue weighted by Gasteiger charge is 2.23. The molecule has 1 saturated heterocycles. The Morgan fingerprint density at radius 2 is 1.56 bits per heavy atom. The average Bonchev–Trinajstić information content (AvgIpc) is 2.14. The smallest absolute Gasteiger partial charge is 0.406 e. The van der Waals surface area contributed by atoms with Crippen LogP contribution in [0.3, 0.4) is 0 Å². The van der Waals surface area contributed by atoms with E-state index in [-0.39, 0.29) is 0 Å². The SMILES string of the molecule is Fc1cc(F)cc(B2OCCNCCO2)c1. The average molecular weight is 227 g/mol. The Labute approximate surface area is 92.9 Å². The molecule has 0 amide bonds. The molecule has 0 bridgehead atoms. The highest BCUT2D eigenvalue weighted by atomic mass is 19.1. The van der Waals surface area contributed by atoms with Crippen molar-refractivity contribution in [3.8, 4) is 0 Å². The molecule has 1 aliphatic rings. The zero-order valence-corrected chi connectivity index (χ0v) is 8.71. The summed E-state index contributed by atoms with van der Waals surface area (Å²) in [6.45, 7) is 2.31. The lowest BCUT2D eigenvalue weighted by Crippen LogP contribution is -2.43. The summed E-state index contributed by atoms with van der Waals surface area (Å²) in [5.74, 6) is -1.25. The Bertz CT molecular complexity index is 336. The normalized spacial score (nSPS) is 18.0. The zero-order chi connectivity index (χ0) is 11.4. The van der Waals surface area contributed by atoms with E-state index in [1.807, 2.05) is 0 Å². The molecule has 2 rings (SSSR count). The maximum Gasteiger partial charge on any atom is 0.494 e. The van der Waals surface area contributed by atoms with E-state index in [1.165, 1.54) is 12.1 Å². The molecule has 1 aromatic rings. The van der Waals surface area contributed by atoms with E-state index in [2.05, 4.69) is 5.32 Å². The lowest BCUT2D eigenvalue weighted by molar-refractivity contribution is 0.187. The molecule has 0 unspecified atom stereocenters. The van der Waals surface area contributed by atoms with E-state index >= 15 is 0 Å². The van der Waals surface area contributed by atoms with Crippen molar-refractivity contribution in [2.75, 3.05) is 26.3 Å². The number of hydrogen-bond acceptors (Lipinski definition) is 3. The van der Waals surface area contributed by atoms with Crippen LogP contribution in [-0.4, -0.2) is 33.4 Å². The lowest BCUT2D eigenvalue weighted by atomic mass is 9.78. The molecule has 1 N–H and O–H groups in total. The number of halogens is 2. The molecule has 0 atom stereocenters.